The van der Waals surface area contributed by atoms with Crippen molar-refractivity contribution in [1.29, 1.82) is 0 Å². The van der Waals surface area contributed by atoms with Crippen molar-refractivity contribution < 1.29 is 5.11 Å². The fraction of sp³-hybridized carbons (Fsp3) is 0.833. The highest BCUT2D eigenvalue weighted by Gasteiger charge is 2.47. The molecule has 3 nitrogen and oxygen atoms in total. The average Bonchev–Trinajstić information content (AvgIpc) is 2.93. The second kappa shape index (κ2) is 5.42. The van der Waals surface area contributed by atoms with Crippen LogP contribution >= 0.6 is 0 Å². The van der Waals surface area contributed by atoms with E-state index in [1.807, 2.05) is 0 Å². The van der Waals surface area contributed by atoms with E-state index in [0.717, 1.165) is 18.5 Å². The number of rotatable bonds is 3. The maximum Gasteiger partial charge on any atom is 0.0734 e. The van der Waals surface area contributed by atoms with Crippen LogP contribution in [0.4, 0.5) is 0 Å². The molecule has 0 bridgehead atoms. The zero-order valence-electron chi connectivity index (χ0n) is 13.8. The second-order valence-corrected chi connectivity index (χ2v) is 8.31. The van der Waals surface area contributed by atoms with Crippen molar-refractivity contribution in [1.82, 2.24) is 9.78 Å². The van der Waals surface area contributed by atoms with Crippen LogP contribution in [0.25, 0.3) is 0 Å². The molecule has 118 valence electrons. The molecule has 2 aliphatic rings. The lowest BCUT2D eigenvalue weighted by atomic mass is 9.86. The fourth-order valence-corrected chi connectivity index (χ4v) is 4.66. The molecular formula is C18H30N2O. The molecule has 21 heavy (non-hydrogen) atoms. The summed E-state index contributed by atoms with van der Waals surface area (Å²) in [5.41, 5.74) is 0.739. The molecule has 1 aromatic heterocycles. The van der Waals surface area contributed by atoms with Crippen LogP contribution in [-0.2, 0) is 6.42 Å². The van der Waals surface area contributed by atoms with Crippen LogP contribution in [0.1, 0.15) is 77.5 Å². The normalized spacial score (nSPS) is 33.4. The van der Waals surface area contributed by atoms with Gasteiger partial charge in [0.05, 0.1) is 17.3 Å². The van der Waals surface area contributed by atoms with E-state index in [2.05, 4.69) is 37.7 Å². The standard InChI is InChI=1S/C18H30N2O/c1-14-11-17(2,3)13-18(14,21)12-15-9-10-20(19-15)16-7-5-4-6-8-16/h9-10,14,16,21H,4-8,11-13H2,1-3H3. The van der Waals surface area contributed by atoms with E-state index in [-0.39, 0.29) is 5.41 Å². The number of hydrogen-bond donors (Lipinski definition) is 1. The van der Waals surface area contributed by atoms with E-state index in [9.17, 15) is 5.11 Å². The van der Waals surface area contributed by atoms with Gasteiger partial charge in [0.2, 0.25) is 0 Å². The van der Waals surface area contributed by atoms with E-state index in [4.69, 9.17) is 5.10 Å². The van der Waals surface area contributed by atoms with Gasteiger partial charge >= 0.3 is 0 Å². The molecule has 0 saturated heterocycles. The molecule has 0 aromatic carbocycles. The smallest absolute Gasteiger partial charge is 0.0734 e. The summed E-state index contributed by atoms with van der Waals surface area (Å²) in [7, 11) is 0. The zero-order chi connectivity index (χ0) is 15.1. The summed E-state index contributed by atoms with van der Waals surface area (Å²) >= 11 is 0. The van der Waals surface area contributed by atoms with Gasteiger partial charge in [-0.05, 0) is 43.1 Å². The summed E-state index contributed by atoms with van der Waals surface area (Å²) in [6.45, 7) is 6.72. The van der Waals surface area contributed by atoms with Crippen molar-refractivity contribution >= 4 is 0 Å². The molecule has 2 aliphatic carbocycles. The Bertz CT molecular complexity index is 487. The van der Waals surface area contributed by atoms with Crippen LogP contribution in [0, 0.1) is 11.3 Å². The molecule has 2 atom stereocenters. The first-order chi connectivity index (χ1) is 9.88. The Balaban J connectivity index is 1.69. The first-order valence-corrected chi connectivity index (χ1v) is 8.64. The van der Waals surface area contributed by atoms with Crippen molar-refractivity contribution in [2.75, 3.05) is 0 Å². The van der Waals surface area contributed by atoms with Crippen LogP contribution in [-0.4, -0.2) is 20.5 Å². The van der Waals surface area contributed by atoms with Crippen LogP contribution in [0.3, 0.4) is 0 Å². The molecule has 2 saturated carbocycles. The Morgan fingerprint density at radius 3 is 2.62 bits per heavy atom. The maximum atomic E-state index is 11.0. The van der Waals surface area contributed by atoms with E-state index in [0.29, 0.717) is 18.4 Å². The molecule has 2 unspecified atom stereocenters. The Kier molecular flexibility index (Phi) is 3.89. The van der Waals surface area contributed by atoms with Crippen molar-refractivity contribution in [3.8, 4) is 0 Å². The SMILES string of the molecule is CC1CC(C)(C)CC1(O)Cc1ccn(C2CCCCC2)n1. The van der Waals surface area contributed by atoms with Gasteiger partial charge in [0.1, 0.15) is 0 Å². The van der Waals surface area contributed by atoms with E-state index < -0.39 is 5.60 Å². The molecule has 1 N–H and O–H groups in total. The van der Waals surface area contributed by atoms with Crippen molar-refractivity contribution in [2.24, 2.45) is 11.3 Å². The largest absolute Gasteiger partial charge is 0.389 e. The third kappa shape index (κ3) is 3.18. The molecule has 0 radical (unpaired) electrons. The summed E-state index contributed by atoms with van der Waals surface area (Å²) in [5.74, 6) is 0.354. The molecule has 0 spiro atoms. The number of aromatic nitrogens is 2. The Labute approximate surface area is 128 Å². The lowest BCUT2D eigenvalue weighted by molar-refractivity contribution is 0.00342. The Hall–Kier alpha value is -0.830. The first kappa shape index (κ1) is 15.1. The van der Waals surface area contributed by atoms with E-state index in [1.54, 1.807) is 0 Å². The second-order valence-electron chi connectivity index (χ2n) is 8.31. The molecule has 0 aliphatic heterocycles. The number of nitrogens with zero attached hydrogens (tertiary/aromatic N) is 2. The number of aliphatic hydroxyl groups is 1. The molecule has 3 heteroatoms. The highest BCUT2D eigenvalue weighted by molar-refractivity contribution is 5.09. The first-order valence-electron chi connectivity index (χ1n) is 8.64. The fourth-order valence-electron chi connectivity index (χ4n) is 4.66. The quantitative estimate of drug-likeness (QED) is 0.909. The highest BCUT2D eigenvalue weighted by Crippen LogP contribution is 2.48. The van der Waals surface area contributed by atoms with Gasteiger partial charge in [0.15, 0.2) is 0 Å². The molecule has 1 aromatic rings. The summed E-state index contributed by atoms with van der Waals surface area (Å²) in [4.78, 5) is 0. The molecule has 2 fully saturated rings. The van der Waals surface area contributed by atoms with Crippen molar-refractivity contribution in [2.45, 2.75) is 83.8 Å². The molecule has 1 heterocycles. The zero-order valence-corrected chi connectivity index (χ0v) is 13.8. The molecule has 3 rings (SSSR count). The minimum Gasteiger partial charge on any atom is -0.389 e. The van der Waals surface area contributed by atoms with Crippen LogP contribution in [0.15, 0.2) is 12.3 Å². The number of hydrogen-bond acceptors (Lipinski definition) is 2. The van der Waals surface area contributed by atoms with Crippen molar-refractivity contribution in [3.63, 3.8) is 0 Å². The van der Waals surface area contributed by atoms with E-state index in [1.165, 1.54) is 32.1 Å². The van der Waals surface area contributed by atoms with Crippen LogP contribution in [0.5, 0.6) is 0 Å². The average molecular weight is 290 g/mol. The minimum absolute atomic E-state index is 0.250. The monoisotopic (exact) mass is 290 g/mol. The van der Waals surface area contributed by atoms with Crippen LogP contribution < -0.4 is 0 Å². The van der Waals surface area contributed by atoms with Gasteiger partial charge in [-0.2, -0.15) is 5.10 Å². The predicted octanol–water partition coefficient (Wildman–Crippen LogP) is 4.12. The van der Waals surface area contributed by atoms with Crippen molar-refractivity contribution in [3.05, 3.63) is 18.0 Å². The minimum atomic E-state index is -0.574. The van der Waals surface area contributed by atoms with E-state index >= 15 is 0 Å². The highest BCUT2D eigenvalue weighted by atomic mass is 16.3. The molecular weight excluding hydrogens is 260 g/mol. The molecule has 0 amide bonds. The van der Waals surface area contributed by atoms with Gasteiger partial charge in [-0.1, -0.05) is 40.0 Å². The Morgan fingerprint density at radius 2 is 2.00 bits per heavy atom. The summed E-state index contributed by atoms with van der Waals surface area (Å²) < 4.78 is 2.16. The van der Waals surface area contributed by atoms with Gasteiger partial charge in [0, 0.05) is 12.6 Å². The summed E-state index contributed by atoms with van der Waals surface area (Å²) in [5, 5.41) is 15.8. The third-order valence-corrected chi connectivity index (χ3v) is 5.66. The lowest BCUT2D eigenvalue weighted by Gasteiger charge is -2.28. The van der Waals surface area contributed by atoms with Crippen LogP contribution in [0.2, 0.25) is 0 Å². The van der Waals surface area contributed by atoms with Gasteiger partial charge in [-0.15, -0.1) is 0 Å². The summed E-state index contributed by atoms with van der Waals surface area (Å²) in [6, 6.07) is 2.70. The maximum absolute atomic E-state index is 11.0. The van der Waals surface area contributed by atoms with Gasteiger partial charge < -0.3 is 5.11 Å². The van der Waals surface area contributed by atoms with Gasteiger partial charge in [-0.25, -0.2) is 0 Å². The predicted molar refractivity (Wildman–Crippen MR) is 85.2 cm³/mol. The Morgan fingerprint density at radius 1 is 1.29 bits per heavy atom. The van der Waals surface area contributed by atoms with Gasteiger partial charge in [0.25, 0.3) is 0 Å². The summed E-state index contributed by atoms with van der Waals surface area (Å²) in [6.07, 6.45) is 11.4. The third-order valence-electron chi connectivity index (χ3n) is 5.66. The van der Waals surface area contributed by atoms with Gasteiger partial charge in [-0.3, -0.25) is 4.68 Å². The lowest BCUT2D eigenvalue weighted by Crippen LogP contribution is -2.35. The topological polar surface area (TPSA) is 38.0 Å².